The highest BCUT2D eigenvalue weighted by Crippen LogP contribution is 2.20. The minimum absolute atomic E-state index is 0.0256. The third-order valence-corrected chi connectivity index (χ3v) is 9.03. The number of hydrogen-bond donors (Lipinski definition) is 6. The summed E-state index contributed by atoms with van der Waals surface area (Å²) in [4.78, 5) is 81.7. The number of imidazole rings is 1. The van der Waals surface area contributed by atoms with Crippen molar-refractivity contribution in [3.8, 4) is 0 Å². The minimum Gasteiger partial charge on any atom is -0.382 e. The average Bonchev–Trinajstić information content (AvgIpc) is 3.85. The predicted octanol–water partition coefficient (Wildman–Crippen LogP) is 1.63. The number of nitrogens with one attached hydrogen (secondary N) is 6. The Labute approximate surface area is 328 Å². The molecule has 18 nitrogen and oxygen atoms in total. The number of nitrogens with zero attached hydrogens (tertiary/aromatic N) is 5. The maximum absolute atomic E-state index is 12.8. The zero-order valence-electron chi connectivity index (χ0n) is 33.8. The minimum atomic E-state index is -0.498. The van der Waals surface area contributed by atoms with E-state index in [4.69, 9.17) is 4.74 Å². The number of aromatic nitrogens is 4. The smallest absolute Gasteiger partial charge is 0.287 e. The molecule has 6 amide bonds. The lowest BCUT2D eigenvalue weighted by Crippen LogP contribution is -2.39. The van der Waals surface area contributed by atoms with E-state index >= 15 is 0 Å². The summed E-state index contributed by atoms with van der Waals surface area (Å²) in [6, 6.07) is 5.00. The zero-order chi connectivity index (χ0) is 41.3. The summed E-state index contributed by atoms with van der Waals surface area (Å²) in [7, 11) is 7.05. The number of hydrogen-bond acceptors (Lipinski definition) is 9. The monoisotopic (exact) mass is 781 g/mol. The standard InChI is InChI=1S/C38H59N11O7/c1-8-56-23-15-38(2,3)37(55)42-17-11-21-46(4)20-10-16-39-31(50)13-18-41-36(54)33-45-30(26-49(33)7)44-32(51)14-19-40-34(52)29-24-27(25-48(29)6)43-35(53)28-12-9-22-47(28)5/h9,12,22,24-26H,8,10-11,13-21,23H2,1-7H3,(H,39,50)(H,40,52)(H,41,54)(H,42,55)(H,43,53)(H,44,51). The quantitative estimate of drug-likeness (QED) is 0.0728. The van der Waals surface area contributed by atoms with E-state index in [9.17, 15) is 28.8 Å². The maximum Gasteiger partial charge on any atom is 0.287 e. The van der Waals surface area contributed by atoms with Gasteiger partial charge in [-0.05, 0) is 64.5 Å². The van der Waals surface area contributed by atoms with Crippen LogP contribution in [0.1, 0.15) is 84.5 Å². The second-order valence-electron chi connectivity index (χ2n) is 14.3. The topological polar surface area (TPSA) is 215 Å². The molecule has 0 fully saturated rings. The molecule has 0 saturated carbocycles. The molecule has 6 N–H and O–H groups in total. The van der Waals surface area contributed by atoms with Gasteiger partial charge in [-0.1, -0.05) is 13.8 Å². The third-order valence-electron chi connectivity index (χ3n) is 9.03. The SMILES string of the molecule is CCOCCC(C)(C)C(=O)NCCCN(C)CCCNC(=O)CCNC(=O)c1nc(NC(=O)CCNC(=O)c2cc(NC(=O)c3cccn3C)cn2C)cn1C. The number of carbonyl (C=O) groups excluding carboxylic acids is 6. The van der Waals surface area contributed by atoms with Gasteiger partial charge in [0.1, 0.15) is 11.4 Å². The number of aryl methyl sites for hydroxylation is 3. The van der Waals surface area contributed by atoms with Crippen molar-refractivity contribution in [3.63, 3.8) is 0 Å². The van der Waals surface area contributed by atoms with Gasteiger partial charge in [-0.15, -0.1) is 0 Å². The van der Waals surface area contributed by atoms with E-state index in [1.165, 1.54) is 10.8 Å². The van der Waals surface area contributed by atoms with Crippen molar-refractivity contribution in [2.75, 3.05) is 70.2 Å². The van der Waals surface area contributed by atoms with Crippen LogP contribution >= 0.6 is 0 Å². The molecule has 3 aromatic heterocycles. The molecule has 0 unspecified atom stereocenters. The van der Waals surface area contributed by atoms with Crippen molar-refractivity contribution in [1.82, 2.24) is 44.9 Å². The van der Waals surface area contributed by atoms with E-state index in [-0.39, 0.29) is 55.3 Å². The molecule has 0 bridgehead atoms. The second kappa shape index (κ2) is 22.2. The summed E-state index contributed by atoms with van der Waals surface area (Å²) < 4.78 is 10.1. The van der Waals surface area contributed by atoms with E-state index in [0.29, 0.717) is 49.8 Å². The summed E-state index contributed by atoms with van der Waals surface area (Å²) in [5.41, 5.74) is 0.753. The number of ether oxygens (including phenoxy) is 1. The van der Waals surface area contributed by atoms with E-state index in [1.807, 2.05) is 27.8 Å². The summed E-state index contributed by atoms with van der Waals surface area (Å²) in [5.74, 6) is -1.59. The number of anilines is 2. The van der Waals surface area contributed by atoms with Crippen molar-refractivity contribution in [2.45, 2.75) is 52.9 Å². The second-order valence-corrected chi connectivity index (χ2v) is 14.3. The highest BCUT2D eigenvalue weighted by atomic mass is 16.5. The summed E-state index contributed by atoms with van der Waals surface area (Å²) >= 11 is 0. The fraction of sp³-hybridized carbons (Fsp3) is 0.553. The van der Waals surface area contributed by atoms with Gasteiger partial charge in [-0.25, -0.2) is 4.98 Å². The van der Waals surface area contributed by atoms with Gasteiger partial charge in [0.2, 0.25) is 23.5 Å². The van der Waals surface area contributed by atoms with Crippen LogP contribution in [0.25, 0.3) is 0 Å². The first-order valence-corrected chi connectivity index (χ1v) is 18.9. The van der Waals surface area contributed by atoms with Gasteiger partial charge in [0.25, 0.3) is 17.7 Å². The molecule has 0 radical (unpaired) electrons. The van der Waals surface area contributed by atoms with E-state index in [2.05, 4.69) is 41.8 Å². The molecule has 0 spiro atoms. The first-order valence-electron chi connectivity index (χ1n) is 18.9. The van der Waals surface area contributed by atoms with Gasteiger partial charge in [-0.3, -0.25) is 28.8 Å². The molecule has 56 heavy (non-hydrogen) atoms. The molecule has 3 aromatic rings. The Balaban J connectivity index is 1.27. The maximum atomic E-state index is 12.8. The van der Waals surface area contributed by atoms with Crippen LogP contribution in [-0.2, 0) is 40.3 Å². The first kappa shape index (κ1) is 44.9. The van der Waals surface area contributed by atoms with Crippen LogP contribution in [0.4, 0.5) is 11.5 Å². The number of rotatable bonds is 24. The summed E-state index contributed by atoms with van der Waals surface area (Å²) in [6.45, 7) is 9.81. The Morgan fingerprint density at radius 3 is 2.09 bits per heavy atom. The van der Waals surface area contributed by atoms with Crippen LogP contribution in [0.3, 0.4) is 0 Å². The highest BCUT2D eigenvalue weighted by Gasteiger charge is 2.27. The molecule has 3 heterocycles. The van der Waals surface area contributed by atoms with Crippen molar-refractivity contribution in [2.24, 2.45) is 26.6 Å². The van der Waals surface area contributed by atoms with Gasteiger partial charge in [0, 0.05) is 97.4 Å². The van der Waals surface area contributed by atoms with Crippen LogP contribution in [0.15, 0.2) is 36.8 Å². The molecule has 0 aliphatic rings. The normalized spacial score (nSPS) is 11.3. The Hall–Kier alpha value is -5.49. The lowest BCUT2D eigenvalue weighted by atomic mass is 9.88. The Bertz CT molecular complexity index is 1790. The van der Waals surface area contributed by atoms with Crippen molar-refractivity contribution in [3.05, 3.63) is 54.0 Å². The molecule has 308 valence electrons. The Morgan fingerprint density at radius 2 is 1.43 bits per heavy atom. The van der Waals surface area contributed by atoms with Gasteiger partial charge < -0.3 is 55.2 Å². The third kappa shape index (κ3) is 14.6. The molecule has 0 aliphatic heterocycles. The lowest BCUT2D eigenvalue weighted by Gasteiger charge is -2.24. The number of amides is 6. The van der Waals surface area contributed by atoms with Gasteiger partial charge >= 0.3 is 0 Å². The van der Waals surface area contributed by atoms with Crippen molar-refractivity contribution in [1.29, 1.82) is 0 Å². The van der Waals surface area contributed by atoms with Crippen molar-refractivity contribution >= 4 is 46.9 Å². The van der Waals surface area contributed by atoms with Crippen molar-refractivity contribution < 1.29 is 33.5 Å². The van der Waals surface area contributed by atoms with Gasteiger partial charge in [0.15, 0.2) is 5.82 Å². The van der Waals surface area contributed by atoms with E-state index in [1.54, 1.807) is 60.9 Å². The van der Waals surface area contributed by atoms with Crippen LogP contribution in [0, 0.1) is 5.41 Å². The van der Waals surface area contributed by atoms with Crippen LogP contribution < -0.4 is 31.9 Å². The molecule has 18 heteroatoms. The average molecular weight is 782 g/mol. The largest absolute Gasteiger partial charge is 0.382 e. The first-order chi connectivity index (χ1) is 26.6. The molecular formula is C38H59N11O7. The molecule has 0 atom stereocenters. The molecule has 3 rings (SSSR count). The van der Waals surface area contributed by atoms with E-state index < -0.39 is 23.1 Å². The summed E-state index contributed by atoms with van der Waals surface area (Å²) in [6.07, 6.45) is 7.15. The fourth-order valence-corrected chi connectivity index (χ4v) is 5.59. The van der Waals surface area contributed by atoms with Crippen LogP contribution in [0.2, 0.25) is 0 Å². The van der Waals surface area contributed by atoms with E-state index in [0.717, 1.165) is 25.9 Å². The highest BCUT2D eigenvalue weighted by molar-refractivity contribution is 6.04. The Kier molecular flexibility index (Phi) is 17.8. The lowest BCUT2D eigenvalue weighted by molar-refractivity contribution is -0.130. The van der Waals surface area contributed by atoms with Gasteiger partial charge in [-0.2, -0.15) is 0 Å². The predicted molar refractivity (Wildman–Crippen MR) is 212 cm³/mol. The van der Waals surface area contributed by atoms with Crippen LogP contribution in [0.5, 0.6) is 0 Å². The molecule has 0 saturated heterocycles. The fourth-order valence-electron chi connectivity index (χ4n) is 5.59. The molecular weight excluding hydrogens is 722 g/mol. The Morgan fingerprint density at radius 1 is 0.768 bits per heavy atom. The van der Waals surface area contributed by atoms with Crippen LogP contribution in [-0.4, -0.2) is 119 Å². The van der Waals surface area contributed by atoms with Gasteiger partial charge in [0.05, 0.1) is 5.69 Å². The summed E-state index contributed by atoms with van der Waals surface area (Å²) in [5, 5.41) is 16.6. The molecule has 0 aromatic carbocycles. The zero-order valence-corrected chi connectivity index (χ0v) is 33.8. The molecule has 0 aliphatic carbocycles. The number of carbonyl (C=O) groups is 6.